The molecule has 0 aliphatic heterocycles. The van der Waals surface area contributed by atoms with E-state index in [1.807, 2.05) is 19.1 Å². The van der Waals surface area contributed by atoms with Crippen molar-refractivity contribution in [2.24, 2.45) is 0 Å². The summed E-state index contributed by atoms with van der Waals surface area (Å²) in [4.78, 5) is 11.6. The van der Waals surface area contributed by atoms with E-state index in [-0.39, 0.29) is 11.6 Å². The first-order chi connectivity index (χ1) is 12.4. The van der Waals surface area contributed by atoms with Gasteiger partial charge in [-0.1, -0.05) is 38.3 Å². The molecule has 2 aromatic rings. The van der Waals surface area contributed by atoms with Crippen LogP contribution in [0.4, 0.5) is 0 Å². The van der Waals surface area contributed by atoms with E-state index >= 15 is 0 Å². The second-order valence-electron chi connectivity index (χ2n) is 6.80. The number of nitrogens with zero attached hydrogens (tertiary/aromatic N) is 2. The zero-order chi connectivity index (χ0) is 18.7. The van der Waals surface area contributed by atoms with Crippen LogP contribution in [-0.2, 0) is 16.4 Å². The molecule has 6 nitrogen and oxygen atoms in total. The summed E-state index contributed by atoms with van der Waals surface area (Å²) >= 11 is 0. The fraction of sp³-hybridized carbons (Fsp3) is 0.474. The van der Waals surface area contributed by atoms with Gasteiger partial charge in [0.1, 0.15) is 0 Å². The van der Waals surface area contributed by atoms with Crippen molar-refractivity contribution < 1.29 is 8.42 Å². The Morgan fingerprint density at radius 2 is 1.88 bits per heavy atom. The SMILES string of the molecule is CCc1ccc(-c2ccc(=O)[nH]n2)cc1S(=O)(=O)N(C)C1CCCCC1. The fourth-order valence-corrected chi connectivity index (χ4v) is 5.28. The highest BCUT2D eigenvalue weighted by molar-refractivity contribution is 7.89. The number of aromatic nitrogens is 2. The molecule has 26 heavy (non-hydrogen) atoms. The van der Waals surface area contributed by atoms with Gasteiger partial charge in [0.05, 0.1) is 10.6 Å². The topological polar surface area (TPSA) is 83.1 Å². The molecule has 1 aliphatic carbocycles. The van der Waals surface area contributed by atoms with E-state index in [0.717, 1.165) is 31.2 Å². The minimum absolute atomic E-state index is 0.0633. The number of aromatic amines is 1. The van der Waals surface area contributed by atoms with Crippen LogP contribution in [0.15, 0.2) is 40.0 Å². The molecule has 0 unspecified atom stereocenters. The number of hydrogen-bond acceptors (Lipinski definition) is 4. The van der Waals surface area contributed by atoms with Crippen LogP contribution in [0.3, 0.4) is 0 Å². The number of aryl methyl sites for hydroxylation is 1. The van der Waals surface area contributed by atoms with Crippen LogP contribution in [0.1, 0.15) is 44.6 Å². The zero-order valence-corrected chi connectivity index (χ0v) is 16.1. The highest BCUT2D eigenvalue weighted by atomic mass is 32.2. The van der Waals surface area contributed by atoms with Crippen LogP contribution in [0, 0.1) is 0 Å². The summed E-state index contributed by atoms with van der Waals surface area (Å²) < 4.78 is 28.1. The first kappa shape index (κ1) is 18.8. The van der Waals surface area contributed by atoms with Crippen molar-refractivity contribution in [3.8, 4) is 11.3 Å². The third-order valence-corrected chi connectivity index (χ3v) is 7.16. The summed E-state index contributed by atoms with van der Waals surface area (Å²) in [7, 11) is -1.90. The van der Waals surface area contributed by atoms with Gasteiger partial charge >= 0.3 is 0 Å². The summed E-state index contributed by atoms with van der Waals surface area (Å²) in [6.07, 6.45) is 5.79. The zero-order valence-electron chi connectivity index (χ0n) is 15.2. The maximum absolute atomic E-state index is 13.3. The van der Waals surface area contributed by atoms with E-state index in [2.05, 4.69) is 10.2 Å². The molecule has 0 amide bonds. The number of hydrogen-bond donors (Lipinski definition) is 1. The molecule has 1 saturated carbocycles. The van der Waals surface area contributed by atoms with Crippen LogP contribution >= 0.6 is 0 Å². The van der Waals surface area contributed by atoms with Gasteiger partial charge in [-0.2, -0.15) is 9.40 Å². The first-order valence-corrected chi connectivity index (χ1v) is 10.5. The number of rotatable bonds is 5. The molecule has 0 radical (unpaired) electrons. The van der Waals surface area contributed by atoms with E-state index in [9.17, 15) is 13.2 Å². The summed E-state index contributed by atoms with van der Waals surface area (Å²) in [6.45, 7) is 1.95. The molecule has 1 fully saturated rings. The van der Waals surface area contributed by atoms with Gasteiger partial charge in [-0.15, -0.1) is 0 Å². The standard InChI is InChI=1S/C19H25N3O3S/c1-3-14-9-10-15(17-11-12-19(23)21-20-17)13-18(14)26(24,25)22(2)16-7-5-4-6-8-16/h9-13,16H,3-8H2,1-2H3,(H,21,23). The minimum Gasteiger partial charge on any atom is -0.268 e. The van der Waals surface area contributed by atoms with Gasteiger partial charge in [0.25, 0.3) is 5.56 Å². The van der Waals surface area contributed by atoms with E-state index in [0.29, 0.717) is 22.6 Å². The minimum atomic E-state index is -3.59. The van der Waals surface area contributed by atoms with Gasteiger partial charge in [-0.05, 0) is 37.0 Å². The van der Waals surface area contributed by atoms with Gasteiger partial charge in [-0.3, -0.25) is 4.79 Å². The van der Waals surface area contributed by atoms with Crippen LogP contribution in [-0.4, -0.2) is 36.0 Å². The summed E-state index contributed by atoms with van der Waals surface area (Å²) in [5.74, 6) is 0. The molecule has 1 aromatic carbocycles. The lowest BCUT2D eigenvalue weighted by molar-refractivity contribution is 0.285. The second kappa shape index (κ2) is 7.72. The van der Waals surface area contributed by atoms with Crippen LogP contribution in [0.25, 0.3) is 11.3 Å². The Morgan fingerprint density at radius 3 is 2.50 bits per heavy atom. The molecule has 7 heteroatoms. The molecule has 0 atom stereocenters. The van der Waals surface area contributed by atoms with Crippen molar-refractivity contribution in [2.75, 3.05) is 7.05 Å². The average molecular weight is 375 g/mol. The largest absolute Gasteiger partial charge is 0.268 e. The highest BCUT2D eigenvalue weighted by Gasteiger charge is 2.30. The van der Waals surface area contributed by atoms with E-state index in [1.165, 1.54) is 12.5 Å². The first-order valence-electron chi connectivity index (χ1n) is 9.10. The predicted octanol–water partition coefficient (Wildman–Crippen LogP) is 2.95. The normalized spacial score (nSPS) is 16.1. The van der Waals surface area contributed by atoms with Crippen molar-refractivity contribution in [3.63, 3.8) is 0 Å². The number of nitrogens with one attached hydrogen (secondary N) is 1. The molecule has 0 spiro atoms. The Balaban J connectivity index is 2.02. The molecule has 3 rings (SSSR count). The number of benzene rings is 1. The Morgan fingerprint density at radius 1 is 1.15 bits per heavy atom. The Hall–Kier alpha value is -1.99. The molecular weight excluding hydrogens is 350 g/mol. The number of sulfonamides is 1. The Bertz CT molecular complexity index is 911. The molecule has 1 heterocycles. The number of H-pyrrole nitrogens is 1. The van der Waals surface area contributed by atoms with Crippen LogP contribution in [0.5, 0.6) is 0 Å². The molecular formula is C19H25N3O3S. The van der Waals surface area contributed by atoms with Crippen molar-refractivity contribution in [1.82, 2.24) is 14.5 Å². The Labute approximate surface area is 154 Å². The van der Waals surface area contributed by atoms with Gasteiger partial charge in [-0.25, -0.2) is 13.5 Å². The summed E-state index contributed by atoms with van der Waals surface area (Å²) in [5.41, 5.74) is 1.72. The van der Waals surface area contributed by atoms with Gasteiger partial charge < -0.3 is 0 Å². The molecule has 1 N–H and O–H groups in total. The third kappa shape index (κ3) is 3.73. The smallest absolute Gasteiger partial charge is 0.264 e. The lowest BCUT2D eigenvalue weighted by Gasteiger charge is -2.31. The maximum atomic E-state index is 13.3. The van der Waals surface area contributed by atoms with Crippen LogP contribution < -0.4 is 5.56 Å². The lowest BCUT2D eigenvalue weighted by Crippen LogP contribution is -2.38. The molecule has 1 aromatic heterocycles. The van der Waals surface area contributed by atoms with Crippen molar-refractivity contribution >= 4 is 10.0 Å². The highest BCUT2D eigenvalue weighted by Crippen LogP contribution is 2.30. The van der Waals surface area contributed by atoms with E-state index in [1.54, 1.807) is 23.5 Å². The van der Waals surface area contributed by atoms with E-state index < -0.39 is 10.0 Å². The van der Waals surface area contributed by atoms with E-state index in [4.69, 9.17) is 0 Å². The quantitative estimate of drug-likeness (QED) is 0.871. The van der Waals surface area contributed by atoms with Crippen molar-refractivity contribution in [2.45, 2.75) is 56.4 Å². The summed E-state index contributed by atoms with van der Waals surface area (Å²) in [5, 5.41) is 6.41. The predicted molar refractivity (Wildman–Crippen MR) is 101 cm³/mol. The maximum Gasteiger partial charge on any atom is 0.264 e. The molecule has 140 valence electrons. The molecule has 0 bridgehead atoms. The Kier molecular flexibility index (Phi) is 5.58. The molecule has 0 saturated heterocycles. The summed E-state index contributed by atoms with van der Waals surface area (Å²) in [6, 6.07) is 8.41. The fourth-order valence-electron chi connectivity index (χ4n) is 3.55. The van der Waals surface area contributed by atoms with Gasteiger partial charge in [0, 0.05) is 24.7 Å². The third-order valence-electron chi connectivity index (χ3n) is 5.17. The average Bonchev–Trinajstić information content (AvgIpc) is 2.68. The van der Waals surface area contributed by atoms with Crippen molar-refractivity contribution in [1.29, 1.82) is 0 Å². The molecule has 1 aliphatic rings. The van der Waals surface area contributed by atoms with Gasteiger partial charge in [0.15, 0.2) is 0 Å². The van der Waals surface area contributed by atoms with Gasteiger partial charge in [0.2, 0.25) is 10.0 Å². The monoisotopic (exact) mass is 375 g/mol. The van der Waals surface area contributed by atoms with Crippen molar-refractivity contribution in [3.05, 3.63) is 46.2 Å². The lowest BCUT2D eigenvalue weighted by atomic mass is 9.96. The second-order valence-corrected chi connectivity index (χ2v) is 8.76. The van der Waals surface area contributed by atoms with Crippen LogP contribution in [0.2, 0.25) is 0 Å².